The zero-order valence-corrected chi connectivity index (χ0v) is 16.9. The highest BCUT2D eigenvalue weighted by Gasteiger charge is 2.73. The molecule has 0 saturated heterocycles. The van der Waals surface area contributed by atoms with Gasteiger partial charge in [0, 0.05) is 11.8 Å². The molecule has 3 aliphatic rings. The van der Waals surface area contributed by atoms with Gasteiger partial charge in [-0.15, -0.1) is 0 Å². The van der Waals surface area contributed by atoms with Gasteiger partial charge in [0.15, 0.2) is 0 Å². The molecule has 0 aromatic heterocycles. The predicted molar refractivity (Wildman–Crippen MR) is 115 cm³/mol. The van der Waals surface area contributed by atoms with Gasteiger partial charge in [-0.05, 0) is 53.6 Å². The number of rotatable bonds is 4. The van der Waals surface area contributed by atoms with Crippen molar-refractivity contribution < 1.29 is 19.1 Å². The zero-order valence-electron chi connectivity index (χ0n) is 16.9. The molecule has 4 nitrogen and oxygen atoms in total. The van der Waals surface area contributed by atoms with E-state index in [-0.39, 0.29) is 29.2 Å². The van der Waals surface area contributed by atoms with Gasteiger partial charge >= 0.3 is 11.9 Å². The fraction of sp³-hybridized carbons (Fsp3) is 0.259. The van der Waals surface area contributed by atoms with E-state index >= 15 is 0 Å². The van der Waals surface area contributed by atoms with Crippen molar-refractivity contribution in [1.29, 1.82) is 0 Å². The third-order valence-corrected chi connectivity index (χ3v) is 7.22. The highest BCUT2D eigenvalue weighted by Crippen LogP contribution is 2.76. The Morgan fingerprint density at radius 1 is 0.613 bits per heavy atom. The van der Waals surface area contributed by atoms with E-state index in [9.17, 15) is 9.59 Å². The lowest BCUT2D eigenvalue weighted by Crippen LogP contribution is -2.39. The van der Waals surface area contributed by atoms with E-state index in [4.69, 9.17) is 9.47 Å². The Hall–Kier alpha value is -3.40. The molecule has 3 aliphatic carbocycles. The van der Waals surface area contributed by atoms with Crippen LogP contribution in [0.5, 0.6) is 0 Å². The van der Waals surface area contributed by atoms with Crippen molar-refractivity contribution in [2.75, 3.05) is 0 Å². The van der Waals surface area contributed by atoms with Crippen LogP contribution in [-0.2, 0) is 9.47 Å². The molecule has 4 atom stereocenters. The van der Waals surface area contributed by atoms with Crippen LogP contribution in [0.3, 0.4) is 0 Å². The first kappa shape index (κ1) is 18.4. The number of fused-ring (bicyclic) bond motifs is 3. The number of ether oxygens (including phenoxy) is 2. The maximum absolute atomic E-state index is 13.0. The van der Waals surface area contributed by atoms with Crippen molar-refractivity contribution in [3.8, 4) is 0 Å². The van der Waals surface area contributed by atoms with Crippen molar-refractivity contribution in [1.82, 2.24) is 0 Å². The fourth-order valence-electron chi connectivity index (χ4n) is 5.85. The summed E-state index contributed by atoms with van der Waals surface area (Å²) in [5, 5.41) is 0. The molecule has 0 aliphatic heterocycles. The van der Waals surface area contributed by atoms with Crippen molar-refractivity contribution in [2.45, 2.75) is 36.9 Å². The molecular formula is C27H22O4. The smallest absolute Gasteiger partial charge is 0.338 e. The Bertz CT molecular complexity index is 1060. The first-order valence-electron chi connectivity index (χ1n) is 10.8. The first-order valence-corrected chi connectivity index (χ1v) is 10.8. The highest BCUT2D eigenvalue weighted by atomic mass is 16.6. The summed E-state index contributed by atoms with van der Waals surface area (Å²) in [5.41, 5.74) is 3.53. The Balaban J connectivity index is 1.37. The average molecular weight is 410 g/mol. The molecule has 6 rings (SSSR count). The van der Waals surface area contributed by atoms with Crippen LogP contribution >= 0.6 is 0 Å². The standard InChI is InChI=1S/C27H22O4/c28-25(17-9-3-1-4-10-17)30-23-21-19-13-7-8-14-20(19)22(27(21)15-16-27)24(23)31-26(29)18-11-5-2-6-12-18/h1-14,21-24H,15-16H2/t21?,22?,23-,24+. The summed E-state index contributed by atoms with van der Waals surface area (Å²) in [7, 11) is 0. The maximum atomic E-state index is 13.0. The van der Waals surface area contributed by atoms with Crippen LogP contribution < -0.4 is 0 Å². The summed E-state index contributed by atoms with van der Waals surface area (Å²) in [6.07, 6.45) is 1.16. The van der Waals surface area contributed by atoms with E-state index in [0.29, 0.717) is 11.1 Å². The van der Waals surface area contributed by atoms with Crippen LogP contribution in [0.1, 0.15) is 56.5 Å². The van der Waals surface area contributed by atoms with Gasteiger partial charge in [0.05, 0.1) is 11.1 Å². The lowest BCUT2D eigenvalue weighted by molar-refractivity contribution is -0.0348. The third-order valence-electron chi connectivity index (χ3n) is 7.22. The minimum Gasteiger partial charge on any atom is -0.454 e. The summed E-state index contributed by atoms with van der Waals surface area (Å²) >= 11 is 0. The Kier molecular flexibility index (Phi) is 4.04. The highest BCUT2D eigenvalue weighted by molar-refractivity contribution is 5.90. The van der Waals surface area contributed by atoms with E-state index in [1.165, 1.54) is 11.1 Å². The van der Waals surface area contributed by atoms with Gasteiger partial charge in [-0.3, -0.25) is 0 Å². The summed E-state index contributed by atoms with van der Waals surface area (Å²) < 4.78 is 12.2. The van der Waals surface area contributed by atoms with Gasteiger partial charge < -0.3 is 9.47 Å². The van der Waals surface area contributed by atoms with Crippen LogP contribution in [0, 0.1) is 5.41 Å². The van der Waals surface area contributed by atoms with Crippen molar-refractivity contribution in [3.63, 3.8) is 0 Å². The molecule has 4 heteroatoms. The zero-order chi connectivity index (χ0) is 21.0. The molecule has 2 fully saturated rings. The SMILES string of the molecule is O=C(O[C@@H]1C2c3ccccc3C([C@@H]1OC(=O)c1ccccc1)C21CC1)c1ccccc1. The van der Waals surface area contributed by atoms with E-state index in [1.807, 2.05) is 48.5 Å². The Labute approximate surface area is 180 Å². The summed E-state index contributed by atoms with van der Waals surface area (Å²) in [6, 6.07) is 26.4. The molecule has 2 saturated carbocycles. The molecule has 0 amide bonds. The molecule has 3 aromatic rings. The quantitative estimate of drug-likeness (QED) is 0.561. The molecule has 2 bridgehead atoms. The third kappa shape index (κ3) is 2.74. The Morgan fingerprint density at radius 3 is 1.39 bits per heavy atom. The van der Waals surface area contributed by atoms with Gasteiger partial charge in [0.25, 0.3) is 0 Å². The van der Waals surface area contributed by atoms with Gasteiger partial charge in [0.2, 0.25) is 0 Å². The number of benzene rings is 3. The molecule has 31 heavy (non-hydrogen) atoms. The maximum Gasteiger partial charge on any atom is 0.338 e. The summed E-state index contributed by atoms with van der Waals surface area (Å²) in [6.45, 7) is 0. The molecule has 0 radical (unpaired) electrons. The number of hydrogen-bond donors (Lipinski definition) is 0. The van der Waals surface area contributed by atoms with Crippen molar-refractivity contribution >= 4 is 11.9 Å². The second-order valence-electron chi connectivity index (χ2n) is 8.79. The number of esters is 2. The fourth-order valence-corrected chi connectivity index (χ4v) is 5.85. The van der Waals surface area contributed by atoms with Crippen molar-refractivity contribution in [2.24, 2.45) is 5.41 Å². The molecule has 3 aromatic carbocycles. The van der Waals surface area contributed by atoms with E-state index in [2.05, 4.69) is 12.1 Å². The predicted octanol–water partition coefficient (Wildman–Crippen LogP) is 5.11. The topological polar surface area (TPSA) is 52.6 Å². The van der Waals surface area contributed by atoms with Gasteiger partial charge in [-0.2, -0.15) is 0 Å². The Morgan fingerprint density at radius 2 is 1.00 bits per heavy atom. The van der Waals surface area contributed by atoms with Crippen LogP contribution in [0.15, 0.2) is 84.9 Å². The van der Waals surface area contributed by atoms with Crippen LogP contribution in [-0.4, -0.2) is 24.1 Å². The largest absolute Gasteiger partial charge is 0.454 e. The van der Waals surface area contributed by atoms with Gasteiger partial charge in [-0.25, -0.2) is 9.59 Å². The van der Waals surface area contributed by atoms with Crippen LogP contribution in [0.2, 0.25) is 0 Å². The molecular weight excluding hydrogens is 388 g/mol. The van der Waals surface area contributed by atoms with Crippen LogP contribution in [0.25, 0.3) is 0 Å². The van der Waals surface area contributed by atoms with E-state index < -0.39 is 12.2 Å². The lowest BCUT2D eigenvalue weighted by atomic mass is 9.87. The first-order chi connectivity index (χ1) is 15.2. The van der Waals surface area contributed by atoms with Crippen LogP contribution in [0.4, 0.5) is 0 Å². The monoisotopic (exact) mass is 410 g/mol. The summed E-state index contributed by atoms with van der Waals surface area (Å²) in [4.78, 5) is 25.9. The molecule has 2 unspecified atom stereocenters. The minimum absolute atomic E-state index is 0.0347. The van der Waals surface area contributed by atoms with Gasteiger partial charge in [-0.1, -0.05) is 60.7 Å². The van der Waals surface area contributed by atoms with Gasteiger partial charge in [0.1, 0.15) is 12.2 Å². The summed E-state index contributed by atoms with van der Waals surface area (Å²) in [5.74, 6) is -0.607. The second kappa shape index (κ2) is 6.81. The van der Waals surface area contributed by atoms with Crippen molar-refractivity contribution in [3.05, 3.63) is 107 Å². The molecule has 154 valence electrons. The minimum atomic E-state index is -0.484. The number of hydrogen-bond acceptors (Lipinski definition) is 4. The van der Waals surface area contributed by atoms with E-state index in [1.54, 1.807) is 24.3 Å². The molecule has 0 N–H and O–H groups in total. The number of carbonyl (C=O) groups excluding carboxylic acids is 2. The number of carbonyl (C=O) groups is 2. The average Bonchev–Trinajstić information content (AvgIpc) is 3.50. The van der Waals surface area contributed by atoms with E-state index in [0.717, 1.165) is 12.8 Å². The molecule has 0 heterocycles. The lowest BCUT2D eigenvalue weighted by Gasteiger charge is -2.31. The second-order valence-corrected chi connectivity index (χ2v) is 8.79. The normalized spacial score (nSPS) is 26.3. The molecule has 1 spiro atoms.